The number of fused-ring (bicyclic) bond motifs is 1. The quantitative estimate of drug-likeness (QED) is 0.0314. The van der Waals surface area contributed by atoms with Crippen LogP contribution in [0.1, 0.15) is 172 Å². The lowest BCUT2D eigenvalue weighted by Gasteiger charge is -2.39. The van der Waals surface area contributed by atoms with Gasteiger partial charge in [0.2, 0.25) is 41.2 Å². The largest absolute Gasteiger partial charge is 0.460 e. The van der Waals surface area contributed by atoms with Gasteiger partial charge in [0.25, 0.3) is 5.91 Å². The molecule has 2 aliphatic carbocycles. The number of ketones is 1. The van der Waals surface area contributed by atoms with Crippen LogP contribution in [-0.4, -0.2) is 137 Å². The third kappa shape index (κ3) is 20.4. The summed E-state index contributed by atoms with van der Waals surface area (Å²) in [5.41, 5.74) is -1.67. The highest BCUT2D eigenvalue weighted by Crippen LogP contribution is 2.41. The van der Waals surface area contributed by atoms with E-state index in [-0.39, 0.29) is 56.6 Å². The van der Waals surface area contributed by atoms with Crippen LogP contribution in [0.25, 0.3) is 0 Å². The van der Waals surface area contributed by atoms with Crippen LogP contribution < -0.4 is 31.9 Å². The Morgan fingerprint density at radius 3 is 1.76 bits per heavy atom. The van der Waals surface area contributed by atoms with Crippen molar-refractivity contribution in [1.82, 2.24) is 36.8 Å². The van der Waals surface area contributed by atoms with Gasteiger partial charge in [0.15, 0.2) is 0 Å². The van der Waals surface area contributed by atoms with Gasteiger partial charge in [0, 0.05) is 25.8 Å². The summed E-state index contributed by atoms with van der Waals surface area (Å²) in [5.74, 6) is -9.12. The minimum absolute atomic E-state index is 0.0468. The molecule has 0 spiro atoms. The van der Waals surface area contributed by atoms with Gasteiger partial charge in [-0.1, -0.05) is 72.0 Å². The molecule has 2 saturated carbocycles. The highest BCUT2D eigenvalue weighted by molar-refractivity contribution is 6.38. The van der Waals surface area contributed by atoms with Gasteiger partial charge in [-0.05, 0) is 111 Å². The number of nitrogens with zero attached hydrogens (tertiary/aromatic N) is 1. The Morgan fingerprint density at radius 2 is 1.22 bits per heavy atom. The second-order valence-electron chi connectivity index (χ2n) is 22.2. The first kappa shape index (κ1) is 62.4. The first-order valence-corrected chi connectivity index (χ1v) is 26.5. The van der Waals surface area contributed by atoms with Crippen molar-refractivity contribution in [1.29, 1.82) is 0 Å². The zero-order chi connectivity index (χ0) is 55.5. The first-order valence-electron chi connectivity index (χ1n) is 26.5. The van der Waals surface area contributed by atoms with Gasteiger partial charge in [-0.3, -0.25) is 52.7 Å². The van der Waals surface area contributed by atoms with Crippen LogP contribution >= 0.6 is 0 Å². The molecule has 0 aromatic heterocycles. The SMILES string of the molecule is C=CCOC(=O)CNC(=O)C(=O)C(CCC)NC(=O)C1CC2CCCCC2N1C(=O)C(NC(=O)C(NC(=O)C(CCC(=O)OC(C)(C)C)NC(=O)C(CCC(=O)OC(C)(C)C)NC(C)=O)C(C)C)C1CCCCC1. The molecule has 1 saturated heterocycles. The fraction of sp³-hybridized carbons (Fsp3) is 0.755. The minimum atomic E-state index is -1.45. The van der Waals surface area contributed by atoms with E-state index in [1.807, 2.05) is 0 Å². The topological polar surface area (TPSA) is 291 Å². The van der Waals surface area contributed by atoms with Gasteiger partial charge < -0.3 is 51.0 Å². The predicted octanol–water partition coefficient (Wildman–Crippen LogP) is 3.28. The molecule has 7 amide bonds. The van der Waals surface area contributed by atoms with Crippen molar-refractivity contribution >= 4 is 65.0 Å². The number of esters is 3. The maximum Gasteiger partial charge on any atom is 0.325 e. The molecule has 3 aliphatic rings. The summed E-state index contributed by atoms with van der Waals surface area (Å²) in [6, 6.07) is -7.78. The fourth-order valence-electron chi connectivity index (χ4n) is 9.84. The molecular weight excluding hydrogens is 959 g/mol. The van der Waals surface area contributed by atoms with Crippen LogP contribution in [0.4, 0.5) is 0 Å². The average Bonchev–Trinajstić information content (AvgIpc) is 3.71. The maximum atomic E-state index is 15.3. The second kappa shape index (κ2) is 29.3. The van der Waals surface area contributed by atoms with Crippen molar-refractivity contribution in [3.63, 3.8) is 0 Å². The van der Waals surface area contributed by atoms with E-state index in [0.717, 1.165) is 38.5 Å². The lowest BCUT2D eigenvalue weighted by molar-refractivity contribution is -0.156. The van der Waals surface area contributed by atoms with Crippen molar-refractivity contribution in [2.45, 2.75) is 225 Å². The van der Waals surface area contributed by atoms with E-state index in [1.165, 1.54) is 13.0 Å². The normalized spacial score (nSPS) is 19.9. The summed E-state index contributed by atoms with van der Waals surface area (Å²) in [7, 11) is 0. The molecule has 0 bridgehead atoms. The number of Topliss-reactive ketones (excluding diaryl/α,β-unsaturated/α-hetero) is 1. The number of carbonyl (C=O) groups is 11. The third-order valence-electron chi connectivity index (χ3n) is 13.2. The van der Waals surface area contributed by atoms with Crippen LogP contribution in [0.2, 0.25) is 0 Å². The highest BCUT2D eigenvalue weighted by atomic mass is 16.6. The zero-order valence-corrected chi connectivity index (χ0v) is 45.4. The molecule has 21 heteroatoms. The van der Waals surface area contributed by atoms with Crippen molar-refractivity contribution < 1.29 is 67.0 Å². The summed E-state index contributed by atoms with van der Waals surface area (Å²) in [4.78, 5) is 151. The minimum Gasteiger partial charge on any atom is -0.460 e. The van der Waals surface area contributed by atoms with Gasteiger partial charge in [-0.15, -0.1) is 0 Å². The first-order chi connectivity index (χ1) is 34.7. The molecule has 21 nitrogen and oxygen atoms in total. The van der Waals surface area contributed by atoms with Crippen LogP contribution in [0, 0.1) is 17.8 Å². The van der Waals surface area contributed by atoms with E-state index in [4.69, 9.17) is 14.2 Å². The lowest BCUT2D eigenvalue weighted by Crippen LogP contribution is -2.62. The Bertz CT molecular complexity index is 2020. The lowest BCUT2D eigenvalue weighted by atomic mass is 9.82. The Balaban J connectivity index is 1.94. The summed E-state index contributed by atoms with van der Waals surface area (Å²) in [6.07, 6.45) is 7.88. The van der Waals surface area contributed by atoms with Crippen molar-refractivity contribution in [3.05, 3.63) is 12.7 Å². The number of rotatable bonds is 26. The van der Waals surface area contributed by atoms with E-state index in [2.05, 4.69) is 38.5 Å². The maximum absolute atomic E-state index is 15.3. The van der Waals surface area contributed by atoms with Crippen LogP contribution in [0.5, 0.6) is 0 Å². The van der Waals surface area contributed by atoms with E-state index < -0.39 is 125 Å². The summed E-state index contributed by atoms with van der Waals surface area (Å²) < 4.78 is 15.7. The molecule has 3 rings (SSSR count). The second-order valence-corrected chi connectivity index (χ2v) is 22.2. The molecule has 0 radical (unpaired) electrons. The number of hydrogen-bond donors (Lipinski definition) is 6. The number of hydrogen-bond acceptors (Lipinski definition) is 14. The predicted molar refractivity (Wildman–Crippen MR) is 272 cm³/mol. The molecule has 74 heavy (non-hydrogen) atoms. The molecule has 8 atom stereocenters. The van der Waals surface area contributed by atoms with Gasteiger partial charge in [0.05, 0.1) is 6.04 Å². The molecule has 0 aromatic rings. The van der Waals surface area contributed by atoms with Crippen LogP contribution in [0.15, 0.2) is 12.7 Å². The van der Waals surface area contributed by atoms with Crippen molar-refractivity contribution in [3.8, 4) is 0 Å². The van der Waals surface area contributed by atoms with Crippen molar-refractivity contribution in [2.75, 3.05) is 13.2 Å². The van der Waals surface area contributed by atoms with E-state index in [9.17, 15) is 47.9 Å². The van der Waals surface area contributed by atoms with E-state index >= 15 is 4.79 Å². The average molecular weight is 1040 g/mol. The van der Waals surface area contributed by atoms with Crippen molar-refractivity contribution in [2.24, 2.45) is 17.8 Å². The number of ether oxygens (including phenoxy) is 3. The van der Waals surface area contributed by atoms with Crippen LogP contribution in [0.3, 0.4) is 0 Å². The molecule has 1 aliphatic heterocycles. The standard InChI is InChI=1S/C53H85N7O14/c1-12-19-35(45(65)50(70)54-30-42(64)72-28-13-2)56-48(68)39-29-34-22-17-18-23-38(34)60(39)51(71)44(33-20-15-14-16-21-33)59-49(69)43(31(3)4)58-47(67)37(25-27-41(63)74-53(9,10)11)57-46(66)36(55-32(5)61)24-26-40(62)73-52(6,7)8/h13,31,33-39,43-44H,2,12,14-30H2,1,3-11H3,(H,54,70)(H,55,61)(H,56,68)(H,57,66)(H,58,67)(H,59,69). The van der Waals surface area contributed by atoms with Gasteiger partial charge in [0.1, 0.15) is 54.6 Å². The molecule has 1 heterocycles. The number of nitrogens with one attached hydrogen (secondary N) is 6. The summed E-state index contributed by atoms with van der Waals surface area (Å²) >= 11 is 0. The van der Waals surface area contributed by atoms with Crippen LogP contribution in [-0.2, 0) is 67.0 Å². The van der Waals surface area contributed by atoms with E-state index in [0.29, 0.717) is 32.1 Å². The van der Waals surface area contributed by atoms with Gasteiger partial charge >= 0.3 is 17.9 Å². The Kier molecular flexibility index (Phi) is 24.7. The molecule has 3 fully saturated rings. The molecule has 8 unspecified atom stereocenters. The third-order valence-corrected chi connectivity index (χ3v) is 13.2. The Hall–Kier alpha value is -5.89. The molecule has 0 aromatic carbocycles. The monoisotopic (exact) mass is 1040 g/mol. The molecule has 416 valence electrons. The molecular formula is C53H85N7O14. The fourth-order valence-corrected chi connectivity index (χ4v) is 9.84. The number of amides is 7. The van der Waals surface area contributed by atoms with Gasteiger partial charge in [-0.25, -0.2) is 0 Å². The summed E-state index contributed by atoms with van der Waals surface area (Å²) in [5, 5.41) is 15.9. The molecule has 6 N–H and O–H groups in total. The van der Waals surface area contributed by atoms with E-state index in [1.54, 1.807) is 67.2 Å². The zero-order valence-electron chi connectivity index (χ0n) is 45.4. The number of carbonyl (C=O) groups excluding carboxylic acids is 11. The smallest absolute Gasteiger partial charge is 0.325 e. The highest BCUT2D eigenvalue weighted by Gasteiger charge is 2.51. The Labute approximate surface area is 436 Å². The summed E-state index contributed by atoms with van der Waals surface area (Å²) in [6.45, 7) is 19.2. The van der Waals surface area contributed by atoms with Gasteiger partial charge in [-0.2, -0.15) is 0 Å². The Morgan fingerprint density at radius 1 is 0.662 bits per heavy atom. The number of likely N-dealkylation sites (tertiary alicyclic amines) is 1.